The number of nitrogens with zero attached hydrogens (tertiary/aromatic N) is 1. The SMILES string of the molecule is CCOc1ccc(C(=O)NC[C@@H]2CNCCO[C@H]2c2ccc(Cl)c(F)c2)cc1-c1noc(=O)[nH]1.Cl. The fourth-order valence-electron chi connectivity index (χ4n) is 3.84. The summed E-state index contributed by atoms with van der Waals surface area (Å²) in [4.78, 5) is 26.8. The summed E-state index contributed by atoms with van der Waals surface area (Å²) in [5, 5.41) is 9.94. The Kier molecular flexibility index (Phi) is 9.27. The van der Waals surface area contributed by atoms with Crippen molar-refractivity contribution < 1.29 is 23.2 Å². The first-order valence-electron chi connectivity index (χ1n) is 10.8. The molecule has 188 valence electrons. The van der Waals surface area contributed by atoms with Crippen molar-refractivity contribution in [1.29, 1.82) is 0 Å². The van der Waals surface area contributed by atoms with Crippen LogP contribution in [0.1, 0.15) is 28.9 Å². The number of hydrogen-bond acceptors (Lipinski definition) is 7. The molecule has 1 aliphatic rings. The molecule has 1 aliphatic heterocycles. The first-order valence-corrected chi connectivity index (χ1v) is 11.2. The number of hydrogen-bond donors (Lipinski definition) is 3. The Morgan fingerprint density at radius 2 is 2.14 bits per heavy atom. The van der Waals surface area contributed by atoms with Crippen LogP contribution in [-0.4, -0.2) is 48.9 Å². The van der Waals surface area contributed by atoms with E-state index in [2.05, 4.69) is 25.3 Å². The molecule has 0 radical (unpaired) electrons. The third-order valence-electron chi connectivity index (χ3n) is 5.44. The van der Waals surface area contributed by atoms with Crippen LogP contribution in [0, 0.1) is 11.7 Å². The van der Waals surface area contributed by atoms with Gasteiger partial charge in [-0.2, -0.15) is 0 Å². The lowest BCUT2D eigenvalue weighted by atomic mass is 9.95. The van der Waals surface area contributed by atoms with Crippen LogP contribution in [0.25, 0.3) is 11.4 Å². The normalized spacial score (nSPS) is 17.8. The number of rotatable bonds is 7. The number of halogens is 3. The molecule has 1 saturated heterocycles. The summed E-state index contributed by atoms with van der Waals surface area (Å²) in [7, 11) is 0. The Bertz CT molecular complexity index is 1220. The van der Waals surface area contributed by atoms with E-state index in [0.717, 1.165) is 0 Å². The van der Waals surface area contributed by atoms with Gasteiger partial charge in [0, 0.05) is 31.1 Å². The molecule has 0 saturated carbocycles. The highest BCUT2D eigenvalue weighted by molar-refractivity contribution is 6.30. The quantitative estimate of drug-likeness (QED) is 0.431. The molecule has 2 aromatic carbocycles. The van der Waals surface area contributed by atoms with Gasteiger partial charge in [-0.15, -0.1) is 12.4 Å². The minimum Gasteiger partial charge on any atom is -0.493 e. The van der Waals surface area contributed by atoms with E-state index in [1.54, 1.807) is 24.3 Å². The average Bonchev–Trinajstić information content (AvgIpc) is 3.12. The molecule has 9 nitrogen and oxygen atoms in total. The van der Waals surface area contributed by atoms with Crippen molar-refractivity contribution in [1.82, 2.24) is 20.8 Å². The van der Waals surface area contributed by atoms with E-state index in [9.17, 15) is 14.0 Å². The van der Waals surface area contributed by atoms with Crippen LogP contribution < -0.4 is 21.1 Å². The smallest absolute Gasteiger partial charge is 0.439 e. The van der Waals surface area contributed by atoms with Crippen molar-refractivity contribution in [3.63, 3.8) is 0 Å². The minimum absolute atomic E-state index is 0. The number of H-pyrrole nitrogens is 1. The minimum atomic E-state index is -0.710. The molecule has 4 rings (SSSR count). The largest absolute Gasteiger partial charge is 0.493 e. The predicted molar refractivity (Wildman–Crippen MR) is 130 cm³/mol. The van der Waals surface area contributed by atoms with Crippen LogP contribution in [0.15, 0.2) is 45.7 Å². The number of aromatic amines is 1. The van der Waals surface area contributed by atoms with Crippen LogP contribution in [0.5, 0.6) is 5.75 Å². The Morgan fingerprint density at radius 3 is 2.86 bits per heavy atom. The molecule has 0 aliphatic carbocycles. The van der Waals surface area contributed by atoms with E-state index >= 15 is 0 Å². The van der Waals surface area contributed by atoms with Gasteiger partial charge in [0.25, 0.3) is 5.91 Å². The lowest BCUT2D eigenvalue weighted by Crippen LogP contribution is -2.36. The summed E-state index contributed by atoms with van der Waals surface area (Å²) in [6.07, 6.45) is -0.418. The lowest BCUT2D eigenvalue weighted by molar-refractivity contribution is 0.0304. The fourth-order valence-corrected chi connectivity index (χ4v) is 3.95. The Morgan fingerprint density at radius 1 is 1.31 bits per heavy atom. The summed E-state index contributed by atoms with van der Waals surface area (Å²) < 4.78 is 30.2. The van der Waals surface area contributed by atoms with Crippen LogP contribution in [0.4, 0.5) is 4.39 Å². The number of ether oxygens (including phenoxy) is 2. The molecule has 1 amide bonds. The Hall–Kier alpha value is -2.92. The maximum Gasteiger partial charge on any atom is 0.439 e. The molecule has 2 atom stereocenters. The first-order chi connectivity index (χ1) is 16.5. The van der Waals surface area contributed by atoms with Gasteiger partial charge < -0.3 is 20.1 Å². The van der Waals surface area contributed by atoms with Gasteiger partial charge in [-0.05, 0) is 42.8 Å². The highest BCUT2D eigenvalue weighted by Crippen LogP contribution is 2.30. The molecule has 0 spiro atoms. The van der Waals surface area contributed by atoms with Crippen LogP contribution in [0.2, 0.25) is 5.02 Å². The molecular weight excluding hydrogens is 502 g/mol. The zero-order valence-corrected chi connectivity index (χ0v) is 20.4. The highest BCUT2D eigenvalue weighted by Gasteiger charge is 2.27. The molecular formula is C23H25Cl2FN4O5. The van der Waals surface area contributed by atoms with E-state index in [1.807, 2.05) is 6.92 Å². The summed E-state index contributed by atoms with van der Waals surface area (Å²) in [6.45, 7) is 4.17. The van der Waals surface area contributed by atoms with Crippen molar-refractivity contribution in [3.8, 4) is 17.1 Å². The maximum atomic E-state index is 14.0. The second-order valence-electron chi connectivity index (χ2n) is 7.73. The van der Waals surface area contributed by atoms with Gasteiger partial charge in [0.05, 0.1) is 29.9 Å². The molecule has 1 fully saturated rings. The van der Waals surface area contributed by atoms with E-state index in [0.29, 0.717) is 48.7 Å². The number of carbonyl (C=O) groups excluding carboxylic acids is 1. The molecule has 2 heterocycles. The van der Waals surface area contributed by atoms with Gasteiger partial charge in [0.15, 0.2) is 5.82 Å². The van der Waals surface area contributed by atoms with Crippen LogP contribution in [-0.2, 0) is 4.74 Å². The predicted octanol–water partition coefficient (Wildman–Crippen LogP) is 3.35. The number of amides is 1. The molecule has 1 aromatic heterocycles. The Balaban J connectivity index is 0.00000342. The maximum absolute atomic E-state index is 14.0. The number of nitrogens with one attached hydrogen (secondary N) is 3. The first kappa shape index (κ1) is 26.7. The zero-order valence-electron chi connectivity index (χ0n) is 18.8. The van der Waals surface area contributed by atoms with Gasteiger partial charge in [-0.3, -0.25) is 14.3 Å². The van der Waals surface area contributed by atoms with Gasteiger partial charge in [-0.25, -0.2) is 9.18 Å². The van der Waals surface area contributed by atoms with E-state index in [4.69, 9.17) is 21.1 Å². The second-order valence-corrected chi connectivity index (χ2v) is 8.13. The summed E-state index contributed by atoms with van der Waals surface area (Å²) in [5.41, 5.74) is 1.43. The fraction of sp³-hybridized carbons (Fsp3) is 0.348. The van der Waals surface area contributed by atoms with Crippen molar-refractivity contribution in [3.05, 3.63) is 68.9 Å². The molecule has 0 bridgehead atoms. The van der Waals surface area contributed by atoms with Crippen molar-refractivity contribution in [2.45, 2.75) is 13.0 Å². The monoisotopic (exact) mass is 526 g/mol. The zero-order chi connectivity index (χ0) is 24.1. The van der Waals surface area contributed by atoms with Gasteiger partial charge in [0.2, 0.25) is 0 Å². The summed E-state index contributed by atoms with van der Waals surface area (Å²) in [6, 6.07) is 9.42. The standard InChI is InChI=1S/C23H24ClFN4O5.ClH/c1-2-32-19-6-4-14(9-16(19)21-28-23(31)34-29-21)22(30)27-12-15-11-26-7-8-33-20(15)13-3-5-17(24)18(25)10-13;/h3-6,9-10,15,20,26H,2,7-8,11-12H2,1H3,(H,27,30)(H,28,29,31);1H/t15-,20-;/m0./s1. The van der Waals surface area contributed by atoms with E-state index < -0.39 is 17.7 Å². The Labute approximate surface area is 211 Å². The molecule has 0 unspecified atom stereocenters. The molecule has 3 aromatic rings. The highest BCUT2D eigenvalue weighted by atomic mass is 35.5. The number of benzene rings is 2. The second kappa shape index (κ2) is 12.2. The van der Waals surface area contributed by atoms with E-state index in [1.165, 1.54) is 12.1 Å². The van der Waals surface area contributed by atoms with Gasteiger partial charge in [0.1, 0.15) is 11.6 Å². The van der Waals surface area contributed by atoms with Crippen LogP contribution in [0.3, 0.4) is 0 Å². The molecule has 3 N–H and O–H groups in total. The van der Waals surface area contributed by atoms with E-state index in [-0.39, 0.29) is 41.6 Å². The van der Waals surface area contributed by atoms with Crippen LogP contribution >= 0.6 is 24.0 Å². The third kappa shape index (κ3) is 6.40. The van der Waals surface area contributed by atoms with Crippen molar-refractivity contribution in [2.75, 3.05) is 32.8 Å². The number of carbonyl (C=O) groups is 1. The third-order valence-corrected chi connectivity index (χ3v) is 5.75. The molecule has 12 heteroatoms. The van der Waals surface area contributed by atoms with Crippen molar-refractivity contribution in [2.24, 2.45) is 5.92 Å². The summed E-state index contributed by atoms with van der Waals surface area (Å²) in [5.74, 6) is -1.10. The molecule has 35 heavy (non-hydrogen) atoms. The van der Waals surface area contributed by atoms with Gasteiger partial charge in [-0.1, -0.05) is 22.8 Å². The van der Waals surface area contributed by atoms with Crippen molar-refractivity contribution >= 4 is 29.9 Å². The average molecular weight is 527 g/mol. The van der Waals surface area contributed by atoms with Gasteiger partial charge >= 0.3 is 5.76 Å². The topological polar surface area (TPSA) is 118 Å². The lowest BCUT2D eigenvalue weighted by Gasteiger charge is -2.25. The summed E-state index contributed by atoms with van der Waals surface area (Å²) >= 11 is 5.82. The number of aromatic nitrogens is 2.